The zero-order chi connectivity index (χ0) is 18.0. The normalized spacial score (nSPS) is 19.1. The van der Waals surface area contributed by atoms with Gasteiger partial charge in [-0.2, -0.15) is 5.10 Å². The van der Waals surface area contributed by atoms with Gasteiger partial charge in [-0.3, -0.25) is 14.8 Å². The summed E-state index contributed by atoms with van der Waals surface area (Å²) in [6.45, 7) is 2.62. The van der Waals surface area contributed by atoms with E-state index in [0.717, 1.165) is 24.1 Å². The van der Waals surface area contributed by atoms with Gasteiger partial charge in [0.2, 0.25) is 5.91 Å². The number of rotatable bonds is 5. The van der Waals surface area contributed by atoms with Crippen molar-refractivity contribution >= 4 is 11.6 Å². The number of ether oxygens (including phenoxy) is 1. The molecule has 2 heterocycles. The zero-order valence-electron chi connectivity index (χ0n) is 14.7. The molecule has 2 aromatic rings. The van der Waals surface area contributed by atoms with Crippen molar-refractivity contribution in [3.05, 3.63) is 42.0 Å². The zero-order valence-corrected chi connectivity index (χ0v) is 14.7. The first-order valence-corrected chi connectivity index (χ1v) is 8.39. The van der Waals surface area contributed by atoms with Crippen molar-refractivity contribution in [1.29, 1.82) is 0 Å². The van der Waals surface area contributed by atoms with Crippen LogP contribution in [0, 0.1) is 5.82 Å². The fraction of sp³-hybridized carbons (Fsp3) is 0.444. The SMILES string of the molecule is COc1ccc(C(C)NC2CCCN(c3cnn(C)c3)C2=O)cc1F. The number of anilines is 1. The Hall–Kier alpha value is -2.41. The van der Waals surface area contributed by atoms with Gasteiger partial charge in [0, 0.05) is 25.8 Å². The molecule has 1 aliphatic heterocycles. The summed E-state index contributed by atoms with van der Waals surface area (Å²) >= 11 is 0. The van der Waals surface area contributed by atoms with Gasteiger partial charge >= 0.3 is 0 Å². The highest BCUT2D eigenvalue weighted by atomic mass is 19.1. The number of carbonyl (C=O) groups excluding carboxylic acids is 1. The third-order valence-corrected chi connectivity index (χ3v) is 4.57. The average Bonchev–Trinajstić information content (AvgIpc) is 3.02. The van der Waals surface area contributed by atoms with Crippen LogP contribution in [0.1, 0.15) is 31.4 Å². The molecule has 1 amide bonds. The number of benzene rings is 1. The summed E-state index contributed by atoms with van der Waals surface area (Å²) in [5, 5.41) is 7.46. The summed E-state index contributed by atoms with van der Waals surface area (Å²) in [7, 11) is 3.27. The van der Waals surface area contributed by atoms with Crippen molar-refractivity contribution in [2.45, 2.75) is 31.8 Å². The summed E-state index contributed by atoms with van der Waals surface area (Å²) in [5.74, 6) is -0.159. The molecule has 2 unspecified atom stereocenters. The second-order valence-electron chi connectivity index (χ2n) is 6.34. The number of hydrogen-bond donors (Lipinski definition) is 1. The number of aromatic nitrogens is 2. The highest BCUT2D eigenvalue weighted by molar-refractivity contribution is 5.97. The highest BCUT2D eigenvalue weighted by Gasteiger charge is 2.31. The fourth-order valence-corrected chi connectivity index (χ4v) is 3.18. The Bertz CT molecular complexity index is 761. The molecule has 6 nitrogen and oxygen atoms in total. The van der Waals surface area contributed by atoms with E-state index in [1.54, 1.807) is 21.8 Å². The third kappa shape index (κ3) is 3.66. The van der Waals surface area contributed by atoms with Crippen molar-refractivity contribution in [3.8, 4) is 5.75 Å². The van der Waals surface area contributed by atoms with Crippen LogP contribution >= 0.6 is 0 Å². The molecule has 1 aromatic heterocycles. The molecule has 1 aromatic carbocycles. The van der Waals surface area contributed by atoms with Crippen LogP contribution in [0.4, 0.5) is 10.1 Å². The lowest BCUT2D eigenvalue weighted by atomic mass is 10.0. The van der Waals surface area contributed by atoms with E-state index in [9.17, 15) is 9.18 Å². The standard InChI is InChI=1S/C18H23FN4O2/c1-12(13-6-7-17(25-3)15(19)9-13)21-16-5-4-8-23(18(16)24)14-10-20-22(2)11-14/h6-7,9-12,16,21H,4-5,8H2,1-3H3. The number of aryl methyl sites for hydroxylation is 1. The summed E-state index contributed by atoms with van der Waals surface area (Å²) in [6, 6.07) is 4.42. The largest absolute Gasteiger partial charge is 0.494 e. The third-order valence-electron chi connectivity index (χ3n) is 4.57. The van der Waals surface area contributed by atoms with Gasteiger partial charge in [-0.1, -0.05) is 6.07 Å². The van der Waals surface area contributed by atoms with Crippen molar-refractivity contribution in [2.24, 2.45) is 7.05 Å². The van der Waals surface area contributed by atoms with Crippen LogP contribution < -0.4 is 15.0 Å². The first-order chi connectivity index (χ1) is 12.0. The molecule has 0 aliphatic carbocycles. The van der Waals surface area contributed by atoms with E-state index in [2.05, 4.69) is 10.4 Å². The Balaban J connectivity index is 1.71. The summed E-state index contributed by atoms with van der Waals surface area (Å²) < 4.78 is 20.5. The smallest absolute Gasteiger partial charge is 0.244 e. The fourth-order valence-electron chi connectivity index (χ4n) is 3.18. The molecule has 25 heavy (non-hydrogen) atoms. The second kappa shape index (κ2) is 7.23. The number of hydrogen-bond acceptors (Lipinski definition) is 4. The minimum Gasteiger partial charge on any atom is -0.494 e. The van der Waals surface area contributed by atoms with E-state index in [4.69, 9.17) is 4.74 Å². The number of piperidine rings is 1. The Kier molecular flexibility index (Phi) is 5.03. The first kappa shape index (κ1) is 17.4. The average molecular weight is 346 g/mol. The van der Waals surface area contributed by atoms with Crippen LogP contribution in [0.25, 0.3) is 0 Å². The van der Waals surface area contributed by atoms with Crippen LogP contribution in [-0.4, -0.2) is 35.4 Å². The van der Waals surface area contributed by atoms with Crippen LogP contribution in [0.5, 0.6) is 5.75 Å². The van der Waals surface area contributed by atoms with E-state index >= 15 is 0 Å². The molecule has 7 heteroatoms. The molecular weight excluding hydrogens is 323 g/mol. The lowest BCUT2D eigenvalue weighted by molar-refractivity contribution is -0.122. The lowest BCUT2D eigenvalue weighted by Crippen LogP contribution is -2.51. The van der Waals surface area contributed by atoms with Gasteiger partial charge in [-0.15, -0.1) is 0 Å². The van der Waals surface area contributed by atoms with Crippen LogP contribution in [0.15, 0.2) is 30.6 Å². The van der Waals surface area contributed by atoms with Crippen molar-refractivity contribution in [2.75, 3.05) is 18.6 Å². The lowest BCUT2D eigenvalue weighted by Gasteiger charge is -2.33. The number of amides is 1. The van der Waals surface area contributed by atoms with E-state index in [1.165, 1.54) is 13.2 Å². The van der Waals surface area contributed by atoms with Crippen molar-refractivity contribution in [3.63, 3.8) is 0 Å². The van der Waals surface area contributed by atoms with Crippen LogP contribution in [0.2, 0.25) is 0 Å². The first-order valence-electron chi connectivity index (χ1n) is 8.39. The Morgan fingerprint density at radius 3 is 2.88 bits per heavy atom. The molecule has 1 aliphatic rings. The van der Waals surface area contributed by atoms with E-state index in [-0.39, 0.29) is 23.7 Å². The Labute approximate surface area is 146 Å². The molecular formula is C18H23FN4O2. The summed E-state index contributed by atoms with van der Waals surface area (Å²) in [4.78, 5) is 14.6. The molecule has 3 rings (SSSR count). The van der Waals surface area contributed by atoms with Gasteiger partial charge in [0.15, 0.2) is 11.6 Å². The maximum atomic E-state index is 13.9. The van der Waals surface area contributed by atoms with Gasteiger partial charge < -0.3 is 9.64 Å². The van der Waals surface area contributed by atoms with Gasteiger partial charge in [0.05, 0.1) is 25.0 Å². The predicted octanol–water partition coefficient (Wildman–Crippen LogP) is 2.41. The Morgan fingerprint density at radius 2 is 2.24 bits per heavy atom. The maximum Gasteiger partial charge on any atom is 0.244 e. The Morgan fingerprint density at radius 1 is 1.44 bits per heavy atom. The number of carbonyl (C=O) groups is 1. The number of methoxy groups -OCH3 is 1. The molecule has 1 N–H and O–H groups in total. The molecule has 0 spiro atoms. The monoisotopic (exact) mass is 346 g/mol. The molecule has 2 atom stereocenters. The van der Waals surface area contributed by atoms with Gasteiger partial charge in [-0.25, -0.2) is 4.39 Å². The van der Waals surface area contributed by atoms with Crippen molar-refractivity contribution in [1.82, 2.24) is 15.1 Å². The molecule has 0 saturated carbocycles. The quantitative estimate of drug-likeness (QED) is 0.903. The minimum atomic E-state index is -0.402. The van der Waals surface area contributed by atoms with E-state index in [1.807, 2.05) is 26.2 Å². The highest BCUT2D eigenvalue weighted by Crippen LogP contribution is 2.25. The number of nitrogens with one attached hydrogen (secondary N) is 1. The molecule has 134 valence electrons. The molecule has 0 bridgehead atoms. The van der Waals surface area contributed by atoms with Gasteiger partial charge in [-0.05, 0) is 37.5 Å². The summed E-state index contributed by atoms with van der Waals surface area (Å²) in [6.07, 6.45) is 5.20. The summed E-state index contributed by atoms with van der Waals surface area (Å²) in [5.41, 5.74) is 1.59. The molecule has 1 fully saturated rings. The predicted molar refractivity (Wildman–Crippen MR) is 93.1 cm³/mol. The van der Waals surface area contributed by atoms with E-state index < -0.39 is 5.82 Å². The van der Waals surface area contributed by atoms with Crippen molar-refractivity contribution < 1.29 is 13.9 Å². The van der Waals surface area contributed by atoms with Crippen LogP contribution in [-0.2, 0) is 11.8 Å². The maximum absolute atomic E-state index is 13.9. The molecule has 0 radical (unpaired) electrons. The number of nitrogens with zero attached hydrogens (tertiary/aromatic N) is 3. The van der Waals surface area contributed by atoms with Gasteiger partial charge in [0.1, 0.15) is 0 Å². The van der Waals surface area contributed by atoms with E-state index in [0.29, 0.717) is 6.54 Å². The second-order valence-corrected chi connectivity index (χ2v) is 6.34. The topological polar surface area (TPSA) is 59.4 Å². The van der Waals surface area contributed by atoms with Gasteiger partial charge in [0.25, 0.3) is 0 Å². The van der Waals surface area contributed by atoms with Crippen LogP contribution in [0.3, 0.4) is 0 Å². The number of halogens is 1. The minimum absolute atomic E-state index is 0.0279. The molecule has 1 saturated heterocycles.